The Morgan fingerprint density at radius 3 is 2.64 bits per heavy atom. The number of aromatic nitrogens is 3. The Labute approximate surface area is 128 Å². The van der Waals surface area contributed by atoms with Gasteiger partial charge in [0.25, 0.3) is 5.91 Å². The number of nitrogens with zero attached hydrogens (tertiary/aromatic N) is 1. The van der Waals surface area contributed by atoms with Crippen LogP contribution in [0.15, 0.2) is 16.9 Å². The minimum Gasteiger partial charge on any atom is -0.483 e. The highest BCUT2D eigenvalue weighted by Crippen LogP contribution is 2.25. The molecule has 0 spiro atoms. The summed E-state index contributed by atoms with van der Waals surface area (Å²) in [4.78, 5) is 25.4. The van der Waals surface area contributed by atoms with Crippen LogP contribution in [0.2, 0.25) is 0 Å². The highest BCUT2D eigenvalue weighted by Gasteiger charge is 2.14. The number of benzene rings is 1. The number of carbonyl (C=O) groups is 1. The molecule has 1 heterocycles. The molecule has 1 aromatic heterocycles. The Hall–Kier alpha value is -2.57. The van der Waals surface area contributed by atoms with E-state index in [2.05, 4.69) is 20.5 Å². The van der Waals surface area contributed by atoms with Gasteiger partial charge in [-0.3, -0.25) is 9.78 Å². The summed E-state index contributed by atoms with van der Waals surface area (Å²) in [5, 5.41) is 8.75. The van der Waals surface area contributed by atoms with Crippen molar-refractivity contribution in [1.82, 2.24) is 20.5 Å². The molecule has 0 bridgehead atoms. The molecule has 22 heavy (non-hydrogen) atoms. The van der Waals surface area contributed by atoms with E-state index in [-0.39, 0.29) is 12.5 Å². The number of carbonyl (C=O) groups excluding carboxylic acids is 1. The van der Waals surface area contributed by atoms with Gasteiger partial charge in [-0.15, -0.1) is 0 Å². The molecule has 1 atom stereocenters. The van der Waals surface area contributed by atoms with E-state index in [1.165, 1.54) is 0 Å². The second-order valence-corrected chi connectivity index (χ2v) is 5.29. The predicted octanol–water partition coefficient (Wildman–Crippen LogP) is 1.28. The molecule has 0 saturated carbocycles. The van der Waals surface area contributed by atoms with Gasteiger partial charge < -0.3 is 10.1 Å². The van der Waals surface area contributed by atoms with Crippen molar-refractivity contribution in [3.8, 4) is 5.75 Å². The fourth-order valence-corrected chi connectivity index (χ4v) is 2.13. The van der Waals surface area contributed by atoms with E-state index in [1.807, 2.05) is 32.9 Å². The minimum atomic E-state index is -0.408. The van der Waals surface area contributed by atoms with Crippen molar-refractivity contribution in [2.24, 2.45) is 0 Å². The van der Waals surface area contributed by atoms with Gasteiger partial charge in [-0.25, -0.2) is 9.89 Å². The maximum atomic E-state index is 11.9. The second kappa shape index (κ2) is 6.46. The molecular formula is C15H20N4O3. The van der Waals surface area contributed by atoms with E-state index in [0.29, 0.717) is 5.82 Å². The van der Waals surface area contributed by atoms with Crippen LogP contribution in [0, 0.1) is 20.8 Å². The third kappa shape index (κ3) is 3.55. The molecule has 0 unspecified atom stereocenters. The van der Waals surface area contributed by atoms with E-state index in [9.17, 15) is 9.59 Å². The van der Waals surface area contributed by atoms with Crippen LogP contribution < -0.4 is 15.7 Å². The third-order valence-electron chi connectivity index (χ3n) is 3.53. The van der Waals surface area contributed by atoms with Crippen molar-refractivity contribution in [1.29, 1.82) is 0 Å². The van der Waals surface area contributed by atoms with Gasteiger partial charge in [0, 0.05) is 0 Å². The Morgan fingerprint density at radius 2 is 2.00 bits per heavy atom. The van der Waals surface area contributed by atoms with Crippen LogP contribution in [-0.4, -0.2) is 27.7 Å². The standard InChI is InChI=1S/C15H20N4O3/c1-8-5-6-9(2)13(10(8)3)22-7-12(20)16-11(4)14-17-15(21)19-18-14/h5-6,11H,7H2,1-4H3,(H,16,20)(H2,17,18,19,21)/t11-/m0/s1. The molecule has 0 fully saturated rings. The summed E-state index contributed by atoms with van der Waals surface area (Å²) in [6, 6.07) is 3.58. The molecule has 1 aromatic carbocycles. The summed E-state index contributed by atoms with van der Waals surface area (Å²) in [5.41, 5.74) is 2.72. The smallest absolute Gasteiger partial charge is 0.340 e. The zero-order valence-corrected chi connectivity index (χ0v) is 13.1. The van der Waals surface area contributed by atoms with Crippen LogP contribution in [0.3, 0.4) is 0 Å². The quantitative estimate of drug-likeness (QED) is 0.774. The number of hydrogen-bond donors (Lipinski definition) is 3. The maximum absolute atomic E-state index is 11.9. The van der Waals surface area contributed by atoms with E-state index < -0.39 is 11.7 Å². The zero-order chi connectivity index (χ0) is 16.3. The van der Waals surface area contributed by atoms with Crippen molar-refractivity contribution in [3.05, 3.63) is 45.1 Å². The van der Waals surface area contributed by atoms with E-state index in [0.717, 1.165) is 22.4 Å². The van der Waals surface area contributed by atoms with Gasteiger partial charge in [0.1, 0.15) is 5.75 Å². The largest absolute Gasteiger partial charge is 0.483 e. The topological polar surface area (TPSA) is 99.9 Å². The lowest BCUT2D eigenvalue weighted by molar-refractivity contribution is -0.123. The Balaban J connectivity index is 1.96. The molecule has 0 aliphatic rings. The first-order valence-electron chi connectivity index (χ1n) is 7.02. The van der Waals surface area contributed by atoms with Gasteiger partial charge in [0.15, 0.2) is 12.4 Å². The molecule has 3 N–H and O–H groups in total. The normalized spacial score (nSPS) is 12.0. The molecular weight excluding hydrogens is 284 g/mol. The third-order valence-corrected chi connectivity index (χ3v) is 3.53. The molecule has 0 aliphatic carbocycles. The van der Waals surface area contributed by atoms with Crippen LogP contribution in [-0.2, 0) is 4.79 Å². The molecule has 1 amide bonds. The first-order chi connectivity index (χ1) is 10.4. The summed E-state index contributed by atoms with van der Waals surface area (Å²) in [6.07, 6.45) is 0. The molecule has 0 saturated heterocycles. The van der Waals surface area contributed by atoms with Crippen LogP contribution >= 0.6 is 0 Å². The summed E-state index contributed by atoms with van der Waals surface area (Å²) < 4.78 is 5.64. The lowest BCUT2D eigenvalue weighted by atomic mass is 10.1. The van der Waals surface area contributed by atoms with Crippen molar-refractivity contribution < 1.29 is 9.53 Å². The van der Waals surface area contributed by atoms with E-state index in [4.69, 9.17) is 4.74 Å². The molecule has 0 radical (unpaired) electrons. The number of aryl methyl sites for hydroxylation is 2. The monoisotopic (exact) mass is 304 g/mol. The average Bonchev–Trinajstić information content (AvgIpc) is 2.90. The number of rotatable bonds is 5. The van der Waals surface area contributed by atoms with Crippen molar-refractivity contribution in [3.63, 3.8) is 0 Å². The first kappa shape index (κ1) is 15.8. The number of H-pyrrole nitrogens is 2. The molecule has 118 valence electrons. The number of hydrogen-bond acceptors (Lipinski definition) is 4. The highest BCUT2D eigenvalue weighted by atomic mass is 16.5. The second-order valence-electron chi connectivity index (χ2n) is 5.29. The summed E-state index contributed by atoms with van der Waals surface area (Å²) in [6.45, 7) is 7.54. The van der Waals surface area contributed by atoms with Crippen LogP contribution in [0.5, 0.6) is 5.75 Å². The summed E-state index contributed by atoms with van der Waals surface area (Å²) in [7, 11) is 0. The van der Waals surface area contributed by atoms with Gasteiger partial charge in [-0.2, -0.15) is 5.10 Å². The number of ether oxygens (including phenoxy) is 1. The SMILES string of the molecule is Cc1ccc(C)c(OCC(=O)N[C@@H](C)c2n[nH]c(=O)[nH]2)c1C. The van der Waals surface area contributed by atoms with E-state index >= 15 is 0 Å². The fraction of sp³-hybridized carbons (Fsp3) is 0.400. The molecule has 2 rings (SSSR count). The molecule has 0 aliphatic heterocycles. The lowest BCUT2D eigenvalue weighted by Gasteiger charge is -2.15. The zero-order valence-electron chi connectivity index (χ0n) is 13.1. The number of aromatic amines is 2. The Bertz CT molecular complexity index is 733. The molecule has 7 heteroatoms. The first-order valence-corrected chi connectivity index (χ1v) is 7.02. The number of nitrogens with one attached hydrogen (secondary N) is 3. The molecule has 2 aromatic rings. The van der Waals surface area contributed by atoms with Crippen molar-refractivity contribution in [2.45, 2.75) is 33.7 Å². The van der Waals surface area contributed by atoms with E-state index in [1.54, 1.807) is 6.92 Å². The average molecular weight is 304 g/mol. The van der Waals surface area contributed by atoms with Gasteiger partial charge in [-0.1, -0.05) is 12.1 Å². The van der Waals surface area contributed by atoms with Gasteiger partial charge in [0.05, 0.1) is 6.04 Å². The van der Waals surface area contributed by atoms with Crippen molar-refractivity contribution in [2.75, 3.05) is 6.61 Å². The maximum Gasteiger partial charge on any atom is 0.340 e. The summed E-state index contributed by atoms with van der Waals surface area (Å²) >= 11 is 0. The molecule has 7 nitrogen and oxygen atoms in total. The number of amides is 1. The van der Waals surface area contributed by atoms with Crippen molar-refractivity contribution >= 4 is 5.91 Å². The van der Waals surface area contributed by atoms with Gasteiger partial charge in [0.2, 0.25) is 0 Å². The fourth-order valence-electron chi connectivity index (χ4n) is 2.13. The predicted molar refractivity (Wildman–Crippen MR) is 81.9 cm³/mol. The minimum absolute atomic E-state index is 0.0931. The van der Waals surface area contributed by atoms with Crippen LogP contribution in [0.1, 0.15) is 35.5 Å². The Kier molecular flexibility index (Phi) is 4.65. The lowest BCUT2D eigenvalue weighted by Crippen LogP contribution is -2.32. The highest BCUT2D eigenvalue weighted by molar-refractivity contribution is 5.78. The van der Waals surface area contributed by atoms with Gasteiger partial charge >= 0.3 is 5.69 Å². The Morgan fingerprint density at radius 1 is 1.32 bits per heavy atom. The summed E-state index contributed by atoms with van der Waals surface area (Å²) in [5.74, 6) is 0.828. The van der Waals surface area contributed by atoms with Crippen LogP contribution in [0.4, 0.5) is 0 Å². The van der Waals surface area contributed by atoms with Gasteiger partial charge in [-0.05, 0) is 44.4 Å². The van der Waals surface area contributed by atoms with Crippen LogP contribution in [0.25, 0.3) is 0 Å².